The highest BCUT2D eigenvalue weighted by Crippen LogP contribution is 2.32. The number of hydrogen-bond donors (Lipinski definition) is 1. The van der Waals surface area contributed by atoms with Crippen molar-refractivity contribution < 1.29 is 14.3 Å². The minimum atomic E-state index is -0.335. The number of benzene rings is 1. The van der Waals surface area contributed by atoms with Gasteiger partial charge in [0.15, 0.2) is 11.5 Å². The molecule has 1 N–H and O–H groups in total. The fourth-order valence-corrected chi connectivity index (χ4v) is 2.38. The van der Waals surface area contributed by atoms with Crippen LogP contribution < -0.4 is 14.8 Å². The fraction of sp³-hybridized carbons (Fsp3) is 0.143. The zero-order valence-corrected chi connectivity index (χ0v) is 12.2. The average Bonchev–Trinajstić information content (AvgIpc) is 2.46. The SMILES string of the molecule is O=C(Nc1ccc2c(c1)OCCO2)c1cc(Cl)nc(Cl)c1. The zero-order chi connectivity index (χ0) is 14.8. The third kappa shape index (κ3) is 3.20. The van der Waals surface area contributed by atoms with E-state index in [9.17, 15) is 4.79 Å². The topological polar surface area (TPSA) is 60.5 Å². The summed E-state index contributed by atoms with van der Waals surface area (Å²) in [5.74, 6) is 0.928. The van der Waals surface area contributed by atoms with Crippen LogP contribution in [0, 0.1) is 0 Å². The van der Waals surface area contributed by atoms with E-state index in [0.29, 0.717) is 36.0 Å². The van der Waals surface area contributed by atoms with E-state index in [1.165, 1.54) is 12.1 Å². The second-order valence-corrected chi connectivity index (χ2v) is 5.09. The molecular formula is C14H10Cl2N2O3. The molecule has 0 radical (unpaired) electrons. The normalized spacial score (nSPS) is 12.9. The third-order valence-corrected chi connectivity index (χ3v) is 3.21. The van der Waals surface area contributed by atoms with Crippen LogP contribution in [0.3, 0.4) is 0 Å². The molecule has 21 heavy (non-hydrogen) atoms. The van der Waals surface area contributed by atoms with E-state index >= 15 is 0 Å². The lowest BCUT2D eigenvalue weighted by Gasteiger charge is -2.19. The van der Waals surface area contributed by atoms with Gasteiger partial charge in [0.05, 0.1) is 0 Å². The second kappa shape index (κ2) is 5.79. The quantitative estimate of drug-likeness (QED) is 0.860. The lowest BCUT2D eigenvalue weighted by Crippen LogP contribution is -2.16. The van der Waals surface area contributed by atoms with Crippen molar-refractivity contribution in [3.8, 4) is 11.5 Å². The summed E-state index contributed by atoms with van der Waals surface area (Å²) >= 11 is 11.6. The van der Waals surface area contributed by atoms with Gasteiger partial charge in [-0.05, 0) is 24.3 Å². The number of fused-ring (bicyclic) bond motifs is 1. The number of rotatable bonds is 2. The van der Waals surface area contributed by atoms with E-state index in [4.69, 9.17) is 32.7 Å². The van der Waals surface area contributed by atoms with Gasteiger partial charge >= 0.3 is 0 Å². The van der Waals surface area contributed by atoms with Crippen molar-refractivity contribution in [3.05, 3.63) is 46.2 Å². The van der Waals surface area contributed by atoms with Gasteiger partial charge in [0.1, 0.15) is 23.5 Å². The van der Waals surface area contributed by atoms with Crippen molar-refractivity contribution in [1.82, 2.24) is 4.98 Å². The molecule has 0 unspecified atom stereocenters. The number of amides is 1. The van der Waals surface area contributed by atoms with Crippen LogP contribution in [-0.4, -0.2) is 24.1 Å². The Kier molecular flexibility index (Phi) is 3.86. The Hall–Kier alpha value is -1.98. The van der Waals surface area contributed by atoms with Crippen molar-refractivity contribution in [1.29, 1.82) is 0 Å². The Morgan fingerprint density at radius 3 is 2.43 bits per heavy atom. The predicted molar refractivity (Wildman–Crippen MR) is 79.6 cm³/mol. The highest BCUT2D eigenvalue weighted by atomic mass is 35.5. The van der Waals surface area contributed by atoms with E-state index in [0.717, 1.165) is 0 Å². The van der Waals surface area contributed by atoms with Crippen LogP contribution in [0.1, 0.15) is 10.4 Å². The molecule has 0 fully saturated rings. The minimum Gasteiger partial charge on any atom is -0.486 e. The molecule has 2 heterocycles. The molecule has 5 nitrogen and oxygen atoms in total. The molecule has 1 aromatic carbocycles. The number of hydrogen-bond acceptors (Lipinski definition) is 4. The number of carbonyl (C=O) groups excluding carboxylic acids is 1. The molecule has 0 atom stereocenters. The average molecular weight is 325 g/mol. The summed E-state index contributed by atoms with van der Waals surface area (Å²) in [6.07, 6.45) is 0. The molecule has 0 spiro atoms. The smallest absolute Gasteiger partial charge is 0.255 e. The Balaban J connectivity index is 1.81. The Morgan fingerprint density at radius 1 is 1.05 bits per heavy atom. The van der Waals surface area contributed by atoms with Crippen molar-refractivity contribution in [2.75, 3.05) is 18.5 Å². The van der Waals surface area contributed by atoms with Crippen LogP contribution in [0.4, 0.5) is 5.69 Å². The van der Waals surface area contributed by atoms with Gasteiger partial charge in [0.25, 0.3) is 5.91 Å². The van der Waals surface area contributed by atoms with E-state index in [-0.39, 0.29) is 16.2 Å². The Morgan fingerprint density at radius 2 is 1.71 bits per heavy atom. The third-order valence-electron chi connectivity index (χ3n) is 2.83. The van der Waals surface area contributed by atoms with E-state index in [2.05, 4.69) is 10.3 Å². The highest BCUT2D eigenvalue weighted by Gasteiger charge is 2.14. The molecule has 2 aromatic rings. The van der Waals surface area contributed by atoms with Gasteiger partial charge < -0.3 is 14.8 Å². The van der Waals surface area contributed by atoms with Crippen molar-refractivity contribution in [3.63, 3.8) is 0 Å². The first-order valence-electron chi connectivity index (χ1n) is 6.16. The van der Waals surface area contributed by atoms with Crippen LogP contribution in [0.25, 0.3) is 0 Å². The maximum Gasteiger partial charge on any atom is 0.255 e. The van der Waals surface area contributed by atoms with Crippen molar-refractivity contribution >= 4 is 34.8 Å². The van der Waals surface area contributed by atoms with E-state index < -0.39 is 0 Å². The summed E-state index contributed by atoms with van der Waals surface area (Å²) in [6.45, 7) is 1.01. The highest BCUT2D eigenvalue weighted by molar-refractivity contribution is 6.33. The fourth-order valence-electron chi connectivity index (χ4n) is 1.92. The van der Waals surface area contributed by atoms with E-state index in [1.54, 1.807) is 18.2 Å². The molecule has 1 aliphatic heterocycles. The molecule has 1 amide bonds. The minimum absolute atomic E-state index is 0.162. The van der Waals surface area contributed by atoms with E-state index in [1.807, 2.05) is 0 Å². The number of anilines is 1. The lowest BCUT2D eigenvalue weighted by atomic mass is 10.2. The Labute approximate surface area is 130 Å². The number of aromatic nitrogens is 1. The number of halogens is 2. The standard InChI is InChI=1S/C14H10Cl2N2O3/c15-12-5-8(6-13(16)18-12)14(19)17-9-1-2-10-11(7-9)21-4-3-20-10/h1-2,5-7H,3-4H2,(H,17,19). The number of nitrogens with zero attached hydrogens (tertiary/aromatic N) is 1. The van der Waals surface area contributed by atoms with Gasteiger partial charge in [-0.1, -0.05) is 23.2 Å². The number of pyridine rings is 1. The Bertz CT molecular complexity index is 686. The monoisotopic (exact) mass is 324 g/mol. The van der Waals surface area contributed by atoms with Gasteiger partial charge in [-0.2, -0.15) is 0 Å². The van der Waals surface area contributed by atoms with Crippen molar-refractivity contribution in [2.24, 2.45) is 0 Å². The predicted octanol–water partition coefficient (Wildman–Crippen LogP) is 3.41. The van der Waals surface area contributed by atoms with Crippen molar-refractivity contribution in [2.45, 2.75) is 0 Å². The molecule has 7 heteroatoms. The van der Waals surface area contributed by atoms with Crippen LogP contribution in [0.2, 0.25) is 10.3 Å². The molecule has 1 aliphatic rings. The maximum atomic E-state index is 12.2. The number of ether oxygens (including phenoxy) is 2. The first kappa shape index (κ1) is 14.0. The molecule has 0 bridgehead atoms. The van der Waals surface area contributed by atoms with Gasteiger partial charge in [0.2, 0.25) is 0 Å². The largest absolute Gasteiger partial charge is 0.486 e. The maximum absolute atomic E-state index is 12.2. The molecule has 3 rings (SSSR count). The lowest BCUT2D eigenvalue weighted by molar-refractivity contribution is 0.102. The number of carbonyl (C=O) groups is 1. The van der Waals surface area contributed by atoms with Gasteiger partial charge in [-0.25, -0.2) is 4.98 Å². The van der Waals surface area contributed by atoms with Gasteiger partial charge in [0, 0.05) is 17.3 Å². The summed E-state index contributed by atoms with van der Waals surface area (Å²) in [6, 6.07) is 8.07. The zero-order valence-electron chi connectivity index (χ0n) is 10.7. The summed E-state index contributed by atoms with van der Waals surface area (Å²) in [7, 11) is 0. The summed E-state index contributed by atoms with van der Waals surface area (Å²) in [5.41, 5.74) is 0.920. The molecule has 0 saturated carbocycles. The molecule has 0 saturated heterocycles. The first-order valence-corrected chi connectivity index (χ1v) is 6.91. The molecular weight excluding hydrogens is 315 g/mol. The summed E-state index contributed by atoms with van der Waals surface area (Å²) in [5, 5.41) is 3.07. The molecule has 0 aliphatic carbocycles. The van der Waals surface area contributed by atoms with Crippen LogP contribution in [-0.2, 0) is 0 Å². The summed E-state index contributed by atoms with van der Waals surface area (Å²) in [4.78, 5) is 16.0. The van der Waals surface area contributed by atoms with Crippen LogP contribution in [0.5, 0.6) is 11.5 Å². The van der Waals surface area contributed by atoms with Crippen LogP contribution >= 0.6 is 23.2 Å². The molecule has 108 valence electrons. The first-order chi connectivity index (χ1) is 10.1. The summed E-state index contributed by atoms with van der Waals surface area (Å²) < 4.78 is 10.9. The second-order valence-electron chi connectivity index (χ2n) is 4.31. The molecule has 1 aromatic heterocycles. The van der Waals surface area contributed by atoms with Crippen LogP contribution in [0.15, 0.2) is 30.3 Å². The van der Waals surface area contributed by atoms with Gasteiger partial charge in [-0.15, -0.1) is 0 Å². The number of nitrogens with one attached hydrogen (secondary N) is 1. The van der Waals surface area contributed by atoms with Gasteiger partial charge in [-0.3, -0.25) is 4.79 Å².